The van der Waals surface area contributed by atoms with Gasteiger partial charge in [-0.15, -0.1) is 0 Å². The van der Waals surface area contributed by atoms with Gasteiger partial charge in [-0.25, -0.2) is 0 Å². The zero-order valence-electron chi connectivity index (χ0n) is 12.1. The van der Waals surface area contributed by atoms with Gasteiger partial charge in [0.2, 0.25) is 5.91 Å². The van der Waals surface area contributed by atoms with Gasteiger partial charge in [-0.05, 0) is 56.4 Å². The summed E-state index contributed by atoms with van der Waals surface area (Å²) >= 11 is 0. The van der Waals surface area contributed by atoms with Crippen molar-refractivity contribution in [3.05, 3.63) is 0 Å². The Balaban J connectivity index is 1.87. The number of hydrogen-bond donors (Lipinski definition) is 2. The highest BCUT2D eigenvalue weighted by molar-refractivity contribution is 5.83. The lowest BCUT2D eigenvalue weighted by Crippen LogP contribution is -2.57. The largest absolute Gasteiger partial charge is 0.352 e. The van der Waals surface area contributed by atoms with E-state index in [4.69, 9.17) is 0 Å². The molecule has 1 amide bonds. The van der Waals surface area contributed by atoms with Crippen LogP contribution in [-0.4, -0.2) is 24.5 Å². The van der Waals surface area contributed by atoms with Crippen molar-refractivity contribution in [1.82, 2.24) is 10.6 Å². The van der Waals surface area contributed by atoms with Gasteiger partial charge in [0.25, 0.3) is 0 Å². The topological polar surface area (TPSA) is 41.1 Å². The Kier molecular flexibility index (Phi) is 4.31. The van der Waals surface area contributed by atoms with Crippen LogP contribution in [0.25, 0.3) is 0 Å². The van der Waals surface area contributed by atoms with Crippen molar-refractivity contribution >= 4 is 5.91 Å². The molecule has 2 fully saturated rings. The summed E-state index contributed by atoms with van der Waals surface area (Å²) in [7, 11) is 0. The number of hydrogen-bond acceptors (Lipinski definition) is 2. The standard InChI is InChI=1S/C15H28N2O/c1-11-5-7-12(8-6-11)17-14(18)13-15(2,3)9-4-10-16-13/h11-13,16H,4-10H2,1-3H3,(H,17,18). The van der Waals surface area contributed by atoms with Crippen LogP contribution in [0.3, 0.4) is 0 Å². The number of carbonyl (C=O) groups is 1. The first kappa shape index (κ1) is 13.9. The molecule has 0 aromatic heterocycles. The Morgan fingerprint density at radius 2 is 1.89 bits per heavy atom. The third kappa shape index (κ3) is 3.25. The summed E-state index contributed by atoms with van der Waals surface area (Å²) in [4.78, 5) is 12.4. The molecule has 1 unspecified atom stereocenters. The minimum Gasteiger partial charge on any atom is -0.352 e. The number of rotatable bonds is 2. The van der Waals surface area contributed by atoms with Crippen LogP contribution in [0.1, 0.15) is 59.3 Å². The lowest BCUT2D eigenvalue weighted by Gasteiger charge is -2.39. The molecule has 1 atom stereocenters. The van der Waals surface area contributed by atoms with Crippen LogP contribution in [0.4, 0.5) is 0 Å². The van der Waals surface area contributed by atoms with Crippen molar-refractivity contribution in [3.8, 4) is 0 Å². The van der Waals surface area contributed by atoms with E-state index in [2.05, 4.69) is 31.4 Å². The molecule has 1 saturated carbocycles. The Hall–Kier alpha value is -0.570. The molecular formula is C15H28N2O. The van der Waals surface area contributed by atoms with E-state index in [1.54, 1.807) is 0 Å². The predicted octanol–water partition coefficient (Wildman–Crippen LogP) is 2.46. The van der Waals surface area contributed by atoms with Crippen molar-refractivity contribution in [3.63, 3.8) is 0 Å². The van der Waals surface area contributed by atoms with Gasteiger partial charge in [-0.1, -0.05) is 20.8 Å². The minimum atomic E-state index is -0.00870. The summed E-state index contributed by atoms with van der Waals surface area (Å²) in [6.45, 7) is 7.69. The molecular weight excluding hydrogens is 224 g/mol. The molecule has 0 radical (unpaired) electrons. The lowest BCUT2D eigenvalue weighted by molar-refractivity contribution is -0.127. The molecule has 0 aromatic carbocycles. The van der Waals surface area contributed by atoms with Gasteiger partial charge in [-0.2, -0.15) is 0 Å². The molecule has 0 aromatic rings. The molecule has 0 bridgehead atoms. The Labute approximate surface area is 111 Å². The highest BCUT2D eigenvalue weighted by Crippen LogP contribution is 2.31. The monoisotopic (exact) mass is 252 g/mol. The highest BCUT2D eigenvalue weighted by Gasteiger charge is 2.37. The molecule has 2 N–H and O–H groups in total. The fraction of sp³-hybridized carbons (Fsp3) is 0.933. The smallest absolute Gasteiger partial charge is 0.237 e. The third-order valence-electron chi connectivity index (χ3n) is 4.75. The van der Waals surface area contributed by atoms with Gasteiger partial charge in [0.1, 0.15) is 0 Å². The maximum absolute atomic E-state index is 12.4. The van der Waals surface area contributed by atoms with Crippen LogP contribution in [0, 0.1) is 11.3 Å². The van der Waals surface area contributed by atoms with Crippen molar-refractivity contribution < 1.29 is 4.79 Å². The number of carbonyl (C=O) groups excluding carboxylic acids is 1. The molecule has 3 nitrogen and oxygen atoms in total. The zero-order valence-corrected chi connectivity index (χ0v) is 12.1. The van der Waals surface area contributed by atoms with Crippen LogP contribution >= 0.6 is 0 Å². The molecule has 1 saturated heterocycles. The van der Waals surface area contributed by atoms with Crippen LogP contribution in [0.2, 0.25) is 0 Å². The van der Waals surface area contributed by atoms with Crippen molar-refractivity contribution in [2.24, 2.45) is 11.3 Å². The molecule has 3 heteroatoms. The molecule has 1 heterocycles. The Morgan fingerprint density at radius 3 is 2.50 bits per heavy atom. The molecule has 2 aliphatic rings. The van der Waals surface area contributed by atoms with Gasteiger partial charge in [0.05, 0.1) is 6.04 Å². The van der Waals surface area contributed by atoms with E-state index in [0.29, 0.717) is 6.04 Å². The summed E-state index contributed by atoms with van der Waals surface area (Å²) in [5.74, 6) is 1.06. The van der Waals surface area contributed by atoms with Crippen molar-refractivity contribution in [1.29, 1.82) is 0 Å². The normalized spacial score (nSPS) is 36.1. The fourth-order valence-electron chi connectivity index (χ4n) is 3.35. The molecule has 18 heavy (non-hydrogen) atoms. The number of nitrogens with one attached hydrogen (secondary N) is 2. The highest BCUT2D eigenvalue weighted by atomic mass is 16.2. The molecule has 1 aliphatic heterocycles. The Morgan fingerprint density at radius 1 is 1.22 bits per heavy atom. The average Bonchev–Trinajstić information content (AvgIpc) is 2.31. The van der Waals surface area contributed by atoms with Crippen LogP contribution < -0.4 is 10.6 Å². The van der Waals surface area contributed by atoms with Crippen LogP contribution in [0.5, 0.6) is 0 Å². The quantitative estimate of drug-likeness (QED) is 0.792. The first-order chi connectivity index (χ1) is 8.49. The van der Waals surface area contributed by atoms with E-state index in [1.807, 2.05) is 0 Å². The van der Waals surface area contributed by atoms with Gasteiger partial charge < -0.3 is 10.6 Å². The second-order valence-corrected chi connectivity index (χ2v) is 6.94. The third-order valence-corrected chi connectivity index (χ3v) is 4.75. The summed E-state index contributed by atoms with van der Waals surface area (Å²) in [6, 6.07) is 0.402. The zero-order chi connectivity index (χ0) is 13.2. The van der Waals surface area contributed by atoms with Gasteiger partial charge in [0, 0.05) is 6.04 Å². The van der Waals surface area contributed by atoms with E-state index in [1.165, 1.54) is 19.3 Å². The second-order valence-electron chi connectivity index (χ2n) is 6.94. The van der Waals surface area contributed by atoms with Crippen LogP contribution in [-0.2, 0) is 4.79 Å². The molecule has 104 valence electrons. The molecule has 0 spiro atoms. The summed E-state index contributed by atoms with van der Waals surface area (Å²) in [6.07, 6.45) is 7.14. The summed E-state index contributed by atoms with van der Waals surface area (Å²) in [5, 5.41) is 6.66. The van der Waals surface area contributed by atoms with E-state index >= 15 is 0 Å². The second kappa shape index (κ2) is 5.60. The number of amides is 1. The Bertz CT molecular complexity index is 293. The lowest BCUT2D eigenvalue weighted by atomic mass is 9.77. The average molecular weight is 252 g/mol. The van der Waals surface area contributed by atoms with Gasteiger partial charge in [0.15, 0.2) is 0 Å². The maximum atomic E-state index is 12.4. The minimum absolute atomic E-state index is 0.00870. The summed E-state index contributed by atoms with van der Waals surface area (Å²) < 4.78 is 0. The van der Waals surface area contributed by atoms with Crippen LogP contribution in [0.15, 0.2) is 0 Å². The van der Waals surface area contributed by atoms with E-state index in [0.717, 1.165) is 31.7 Å². The maximum Gasteiger partial charge on any atom is 0.237 e. The first-order valence-corrected chi connectivity index (χ1v) is 7.53. The molecule has 1 aliphatic carbocycles. The van der Waals surface area contributed by atoms with Gasteiger partial charge >= 0.3 is 0 Å². The first-order valence-electron chi connectivity index (χ1n) is 7.53. The SMILES string of the molecule is CC1CCC(NC(=O)C2NCCCC2(C)C)CC1. The predicted molar refractivity (Wildman–Crippen MR) is 74.4 cm³/mol. The van der Waals surface area contributed by atoms with E-state index in [-0.39, 0.29) is 17.4 Å². The fourth-order valence-corrected chi connectivity index (χ4v) is 3.35. The van der Waals surface area contributed by atoms with Crippen molar-refractivity contribution in [2.75, 3.05) is 6.54 Å². The van der Waals surface area contributed by atoms with Crippen molar-refractivity contribution in [2.45, 2.75) is 71.4 Å². The van der Waals surface area contributed by atoms with E-state index < -0.39 is 0 Å². The molecule has 2 rings (SSSR count). The number of piperidine rings is 1. The van der Waals surface area contributed by atoms with Gasteiger partial charge in [-0.3, -0.25) is 4.79 Å². The van der Waals surface area contributed by atoms with E-state index in [9.17, 15) is 4.79 Å². The summed E-state index contributed by atoms with van der Waals surface area (Å²) in [5.41, 5.74) is 0.0876.